The Morgan fingerprint density at radius 3 is 3.20 bits per heavy atom. The molecule has 1 aromatic rings. The largest absolute Gasteiger partial charge is 0.316 e. The van der Waals surface area contributed by atoms with Gasteiger partial charge in [-0.2, -0.15) is 5.10 Å². The lowest BCUT2D eigenvalue weighted by Crippen LogP contribution is -2.08. The number of rotatable bonds is 1. The van der Waals surface area contributed by atoms with Gasteiger partial charge in [0.05, 0.1) is 0 Å². The van der Waals surface area contributed by atoms with Crippen molar-refractivity contribution in [3.8, 4) is 0 Å². The van der Waals surface area contributed by atoms with Gasteiger partial charge in [-0.25, -0.2) is 0 Å². The molecule has 0 bridgehead atoms. The summed E-state index contributed by atoms with van der Waals surface area (Å²) in [6.07, 6.45) is 3.05. The third kappa shape index (κ3) is 0.926. The predicted octanol–water partition coefficient (Wildman–Crippen LogP) is 0.487. The molecule has 0 spiro atoms. The van der Waals surface area contributed by atoms with E-state index in [1.54, 1.807) is 0 Å². The van der Waals surface area contributed by atoms with Gasteiger partial charge in [-0.05, 0) is 19.0 Å². The molecule has 54 valence electrons. The summed E-state index contributed by atoms with van der Waals surface area (Å²) in [6.45, 7) is 2.24. The monoisotopic (exact) mass is 137 g/mol. The molecule has 3 heteroatoms. The summed E-state index contributed by atoms with van der Waals surface area (Å²) in [5.41, 5.74) is 1.27. The van der Waals surface area contributed by atoms with E-state index in [9.17, 15) is 0 Å². The van der Waals surface area contributed by atoms with Gasteiger partial charge in [0.2, 0.25) is 0 Å². The molecule has 0 aromatic carbocycles. The smallest absolute Gasteiger partial charge is 0.0490 e. The quantitative estimate of drug-likeness (QED) is 0.591. The Kier molecular flexibility index (Phi) is 1.43. The summed E-state index contributed by atoms with van der Waals surface area (Å²) in [6, 6.07) is 2.05. The van der Waals surface area contributed by atoms with E-state index in [1.807, 2.05) is 6.20 Å². The van der Waals surface area contributed by atoms with Crippen molar-refractivity contribution in [3.05, 3.63) is 18.0 Å². The molecule has 0 radical (unpaired) electrons. The van der Waals surface area contributed by atoms with Crippen LogP contribution in [-0.2, 0) is 0 Å². The highest BCUT2D eigenvalue weighted by atomic mass is 15.1. The molecule has 0 amide bonds. The average Bonchev–Trinajstić information content (AvgIpc) is 2.59. The van der Waals surface area contributed by atoms with E-state index in [2.05, 4.69) is 21.6 Å². The molecule has 2 heterocycles. The van der Waals surface area contributed by atoms with Crippen LogP contribution < -0.4 is 5.32 Å². The second-order valence-corrected chi connectivity index (χ2v) is 2.70. The van der Waals surface area contributed by atoms with Gasteiger partial charge in [-0.15, -0.1) is 0 Å². The molecule has 1 atom stereocenters. The second kappa shape index (κ2) is 2.42. The number of aromatic amines is 1. The van der Waals surface area contributed by atoms with Crippen LogP contribution in [0.25, 0.3) is 0 Å². The van der Waals surface area contributed by atoms with Crippen LogP contribution in [0.3, 0.4) is 0 Å². The molecule has 1 aromatic heterocycles. The van der Waals surface area contributed by atoms with Gasteiger partial charge in [0.1, 0.15) is 0 Å². The summed E-state index contributed by atoms with van der Waals surface area (Å²) in [4.78, 5) is 0. The molecular formula is C7H11N3. The number of hydrogen-bond acceptors (Lipinski definition) is 2. The standard InChI is InChI=1S/C7H11N3/c1-3-8-5-6(1)7-2-4-9-10-7/h2,4,6,8H,1,3,5H2,(H,9,10). The predicted molar refractivity (Wildman–Crippen MR) is 38.8 cm³/mol. The van der Waals surface area contributed by atoms with Crippen LogP contribution in [0.1, 0.15) is 18.0 Å². The fourth-order valence-corrected chi connectivity index (χ4v) is 1.41. The number of aromatic nitrogens is 2. The second-order valence-electron chi connectivity index (χ2n) is 2.70. The summed E-state index contributed by atoms with van der Waals surface area (Å²) in [5.74, 6) is 0.669. The Morgan fingerprint density at radius 2 is 2.60 bits per heavy atom. The topological polar surface area (TPSA) is 40.7 Å². The van der Waals surface area contributed by atoms with Crippen molar-refractivity contribution in [2.45, 2.75) is 12.3 Å². The summed E-state index contributed by atoms with van der Waals surface area (Å²) in [5, 5.41) is 10.2. The maximum absolute atomic E-state index is 3.91. The maximum atomic E-state index is 3.91. The Labute approximate surface area is 59.8 Å². The van der Waals surface area contributed by atoms with Crippen molar-refractivity contribution in [2.24, 2.45) is 0 Å². The zero-order valence-corrected chi connectivity index (χ0v) is 5.80. The zero-order chi connectivity index (χ0) is 6.81. The molecule has 10 heavy (non-hydrogen) atoms. The van der Waals surface area contributed by atoms with E-state index in [0.717, 1.165) is 13.1 Å². The van der Waals surface area contributed by atoms with Crippen LogP contribution in [0.2, 0.25) is 0 Å². The Bertz CT molecular complexity index is 187. The molecule has 1 fully saturated rings. The SMILES string of the molecule is c1cc(C2CCNC2)[nH]n1. The first-order chi connectivity index (χ1) is 4.97. The molecule has 2 rings (SSSR count). The van der Waals surface area contributed by atoms with Crippen molar-refractivity contribution in [1.82, 2.24) is 15.5 Å². The van der Waals surface area contributed by atoms with E-state index in [-0.39, 0.29) is 0 Å². The van der Waals surface area contributed by atoms with Gasteiger partial charge < -0.3 is 5.32 Å². The molecule has 1 aliphatic heterocycles. The lowest BCUT2D eigenvalue weighted by molar-refractivity contribution is 0.729. The number of nitrogens with one attached hydrogen (secondary N) is 2. The molecule has 3 nitrogen and oxygen atoms in total. The van der Waals surface area contributed by atoms with Gasteiger partial charge in [-0.1, -0.05) is 0 Å². The first kappa shape index (κ1) is 5.92. The Balaban J connectivity index is 2.12. The lowest BCUT2D eigenvalue weighted by atomic mass is 10.1. The molecule has 0 aliphatic carbocycles. The van der Waals surface area contributed by atoms with Crippen LogP contribution in [0.5, 0.6) is 0 Å². The van der Waals surface area contributed by atoms with Crippen molar-refractivity contribution < 1.29 is 0 Å². The van der Waals surface area contributed by atoms with Crippen molar-refractivity contribution in [3.63, 3.8) is 0 Å². The summed E-state index contributed by atoms with van der Waals surface area (Å²) >= 11 is 0. The highest BCUT2D eigenvalue weighted by Crippen LogP contribution is 2.18. The van der Waals surface area contributed by atoms with E-state index in [0.29, 0.717) is 5.92 Å². The van der Waals surface area contributed by atoms with Crippen LogP contribution in [0.4, 0.5) is 0 Å². The highest BCUT2D eigenvalue weighted by Gasteiger charge is 2.16. The fraction of sp³-hybridized carbons (Fsp3) is 0.571. The Morgan fingerprint density at radius 1 is 1.60 bits per heavy atom. The molecule has 1 unspecified atom stereocenters. The number of nitrogens with zero attached hydrogens (tertiary/aromatic N) is 1. The molecule has 0 saturated carbocycles. The van der Waals surface area contributed by atoms with Gasteiger partial charge in [-0.3, -0.25) is 5.10 Å². The first-order valence-corrected chi connectivity index (χ1v) is 3.67. The third-order valence-corrected chi connectivity index (χ3v) is 2.02. The number of H-pyrrole nitrogens is 1. The minimum absolute atomic E-state index is 0.669. The minimum Gasteiger partial charge on any atom is -0.316 e. The lowest BCUT2D eigenvalue weighted by Gasteiger charge is -2.02. The zero-order valence-electron chi connectivity index (χ0n) is 5.80. The van der Waals surface area contributed by atoms with Crippen molar-refractivity contribution >= 4 is 0 Å². The molecule has 2 N–H and O–H groups in total. The third-order valence-electron chi connectivity index (χ3n) is 2.02. The first-order valence-electron chi connectivity index (χ1n) is 3.67. The molecule has 1 aliphatic rings. The fourth-order valence-electron chi connectivity index (χ4n) is 1.41. The van der Waals surface area contributed by atoms with Crippen molar-refractivity contribution in [1.29, 1.82) is 0 Å². The summed E-state index contributed by atoms with van der Waals surface area (Å²) in [7, 11) is 0. The van der Waals surface area contributed by atoms with Gasteiger partial charge in [0.15, 0.2) is 0 Å². The van der Waals surface area contributed by atoms with Gasteiger partial charge in [0.25, 0.3) is 0 Å². The normalized spacial score (nSPS) is 25.4. The van der Waals surface area contributed by atoms with E-state index >= 15 is 0 Å². The van der Waals surface area contributed by atoms with Gasteiger partial charge >= 0.3 is 0 Å². The van der Waals surface area contributed by atoms with Crippen LogP contribution in [-0.4, -0.2) is 23.3 Å². The molecule has 1 saturated heterocycles. The van der Waals surface area contributed by atoms with Gasteiger partial charge in [0, 0.05) is 24.4 Å². The van der Waals surface area contributed by atoms with E-state index in [4.69, 9.17) is 0 Å². The number of hydrogen-bond donors (Lipinski definition) is 2. The van der Waals surface area contributed by atoms with Crippen LogP contribution in [0.15, 0.2) is 12.3 Å². The van der Waals surface area contributed by atoms with Crippen LogP contribution >= 0.6 is 0 Å². The van der Waals surface area contributed by atoms with Crippen LogP contribution in [0, 0.1) is 0 Å². The maximum Gasteiger partial charge on any atom is 0.0490 e. The average molecular weight is 137 g/mol. The van der Waals surface area contributed by atoms with Crippen molar-refractivity contribution in [2.75, 3.05) is 13.1 Å². The summed E-state index contributed by atoms with van der Waals surface area (Å²) < 4.78 is 0. The Hall–Kier alpha value is -0.830. The van der Waals surface area contributed by atoms with E-state index < -0.39 is 0 Å². The minimum atomic E-state index is 0.669. The highest BCUT2D eigenvalue weighted by molar-refractivity contribution is 5.07. The molecular weight excluding hydrogens is 126 g/mol. The van der Waals surface area contributed by atoms with E-state index in [1.165, 1.54) is 12.1 Å².